The van der Waals surface area contributed by atoms with Gasteiger partial charge in [-0.1, -0.05) is 151 Å². The Morgan fingerprint density at radius 3 is 1.79 bits per heavy atom. The highest BCUT2D eigenvalue weighted by molar-refractivity contribution is 7.26. The zero-order valence-electron chi connectivity index (χ0n) is 47.6. The summed E-state index contributed by atoms with van der Waals surface area (Å²) >= 11 is 1.64. The first-order valence-electron chi connectivity index (χ1n) is 26.7. The third-order valence-electron chi connectivity index (χ3n) is 14.2. The number of aryl methyl sites for hydroxylation is 1. The van der Waals surface area contributed by atoms with Crippen LogP contribution in [0.4, 0.5) is 33.4 Å². The van der Waals surface area contributed by atoms with Crippen molar-refractivity contribution in [3.63, 3.8) is 0 Å². The van der Waals surface area contributed by atoms with Crippen molar-refractivity contribution < 1.29 is 11.0 Å². The Labute approximate surface area is 393 Å². The summed E-state index contributed by atoms with van der Waals surface area (Å²) in [6.07, 6.45) is 2.08. The SMILES string of the molecule is [2H]c1c([2H])c([2H])c(-c2c([2H])c(C(C)(C)C)c([2H])c([2H])c2N2c3cc(C)cc4c3B(c3cc(C(C)(C)C)ccc3N4c3ccc(C(C)(C)C)cc3)c3c2sc2cc4c(cc32)C(C)(C)CCC4(C)C)c([2H])c1[2H]. The van der Waals surface area contributed by atoms with Crippen molar-refractivity contribution in [2.24, 2.45) is 0 Å². The van der Waals surface area contributed by atoms with Crippen molar-refractivity contribution in [1.82, 2.24) is 0 Å². The highest BCUT2D eigenvalue weighted by Crippen LogP contribution is 2.53. The molecular weight excluding hydrogens is 780 g/mol. The van der Waals surface area contributed by atoms with Crippen LogP contribution in [-0.4, -0.2) is 6.71 Å². The average Bonchev–Trinajstić information content (AvgIpc) is 3.65. The summed E-state index contributed by atoms with van der Waals surface area (Å²) in [5, 5.41) is 1.93. The Morgan fingerprint density at radius 1 is 0.587 bits per heavy atom. The first-order valence-corrected chi connectivity index (χ1v) is 23.5. The molecule has 0 N–H and O–H groups in total. The van der Waals surface area contributed by atoms with Crippen LogP contribution in [0.1, 0.15) is 147 Å². The fourth-order valence-corrected chi connectivity index (χ4v) is 11.6. The van der Waals surface area contributed by atoms with Gasteiger partial charge in [0.2, 0.25) is 0 Å². The number of nitrogens with zero attached hydrogens (tertiary/aromatic N) is 2. The van der Waals surface area contributed by atoms with Crippen LogP contribution in [0, 0.1) is 6.92 Å². The molecule has 0 amide bonds. The van der Waals surface area contributed by atoms with Gasteiger partial charge in [-0.25, -0.2) is 0 Å². The maximum atomic E-state index is 10.3. The number of rotatable bonds is 3. The molecule has 63 heavy (non-hydrogen) atoms. The summed E-state index contributed by atoms with van der Waals surface area (Å²) in [5.41, 5.74) is 12.1. The van der Waals surface area contributed by atoms with E-state index in [2.05, 4.69) is 153 Å². The van der Waals surface area contributed by atoms with Crippen LogP contribution in [0.15, 0.2) is 115 Å². The summed E-state index contributed by atoms with van der Waals surface area (Å²) in [7, 11) is 0. The van der Waals surface area contributed by atoms with Gasteiger partial charge in [0, 0.05) is 33.0 Å². The second-order valence-electron chi connectivity index (χ2n) is 22.8. The topological polar surface area (TPSA) is 6.48 Å². The normalized spacial score (nSPS) is 18.2. The molecule has 0 saturated carbocycles. The van der Waals surface area contributed by atoms with Gasteiger partial charge in [-0.3, -0.25) is 0 Å². The number of anilines is 6. The molecule has 0 bridgehead atoms. The Morgan fingerprint density at radius 2 is 1.17 bits per heavy atom. The molecule has 0 fully saturated rings. The number of hydrogen-bond acceptors (Lipinski definition) is 3. The molecule has 320 valence electrons. The van der Waals surface area contributed by atoms with E-state index in [1.54, 1.807) is 11.3 Å². The van der Waals surface area contributed by atoms with E-state index in [1.165, 1.54) is 22.3 Å². The Balaban J connectivity index is 1.43. The minimum absolute atomic E-state index is 0.0486. The molecule has 7 aromatic rings. The minimum Gasteiger partial charge on any atom is -0.311 e. The second-order valence-corrected chi connectivity index (χ2v) is 23.9. The maximum Gasteiger partial charge on any atom is 0.254 e. The lowest BCUT2D eigenvalue weighted by Gasteiger charge is -2.44. The van der Waals surface area contributed by atoms with E-state index in [4.69, 9.17) is 4.11 Å². The van der Waals surface area contributed by atoms with E-state index < -0.39 is 35.6 Å². The van der Waals surface area contributed by atoms with Gasteiger partial charge in [-0.05, 0) is 162 Å². The first kappa shape index (κ1) is 33.5. The van der Waals surface area contributed by atoms with Crippen LogP contribution in [0.25, 0.3) is 21.2 Å². The molecule has 0 saturated heterocycles. The fourth-order valence-electron chi connectivity index (χ4n) is 10.3. The van der Waals surface area contributed by atoms with Crippen molar-refractivity contribution in [2.45, 2.75) is 137 Å². The molecule has 1 aliphatic carbocycles. The van der Waals surface area contributed by atoms with Crippen LogP contribution in [0.2, 0.25) is 0 Å². The molecule has 0 radical (unpaired) electrons. The van der Waals surface area contributed by atoms with E-state index in [0.717, 1.165) is 72.6 Å². The number of fused-ring (bicyclic) bond motifs is 7. The lowest BCUT2D eigenvalue weighted by molar-refractivity contribution is 0.332. The Kier molecular flexibility index (Phi) is 7.42. The third kappa shape index (κ3) is 6.72. The maximum absolute atomic E-state index is 10.3. The van der Waals surface area contributed by atoms with Crippen molar-refractivity contribution in [3.8, 4) is 11.1 Å². The van der Waals surface area contributed by atoms with Crippen molar-refractivity contribution in [3.05, 3.63) is 148 Å². The number of benzene rings is 6. The van der Waals surface area contributed by atoms with Crippen LogP contribution < -0.4 is 26.2 Å². The van der Waals surface area contributed by atoms with E-state index >= 15 is 0 Å². The summed E-state index contributed by atoms with van der Waals surface area (Å²) < 4.78 is 76.8. The summed E-state index contributed by atoms with van der Waals surface area (Å²) in [5.74, 6) is 0. The zero-order valence-corrected chi connectivity index (χ0v) is 40.5. The van der Waals surface area contributed by atoms with Crippen LogP contribution in [0.3, 0.4) is 0 Å². The predicted molar refractivity (Wildman–Crippen MR) is 277 cm³/mol. The highest BCUT2D eigenvalue weighted by Gasteiger charge is 2.47. The van der Waals surface area contributed by atoms with Gasteiger partial charge in [0.1, 0.15) is 0 Å². The van der Waals surface area contributed by atoms with Crippen LogP contribution in [0.5, 0.6) is 0 Å². The van der Waals surface area contributed by atoms with Gasteiger partial charge >= 0.3 is 0 Å². The molecule has 0 atom stereocenters. The Hall–Kier alpha value is -5.06. The highest BCUT2D eigenvalue weighted by atomic mass is 32.1. The van der Waals surface area contributed by atoms with Gasteiger partial charge in [0.25, 0.3) is 6.71 Å². The molecule has 4 heteroatoms. The molecule has 3 aliphatic rings. The van der Waals surface area contributed by atoms with Crippen molar-refractivity contribution >= 4 is 78.0 Å². The average molecular weight is 853 g/mol. The minimum atomic E-state index is -0.807. The lowest BCUT2D eigenvalue weighted by atomic mass is 9.33. The number of hydrogen-bond donors (Lipinski definition) is 0. The summed E-state index contributed by atoms with van der Waals surface area (Å²) in [4.78, 5) is 4.42. The monoisotopic (exact) mass is 853 g/mol. The molecule has 2 aliphatic heterocycles. The molecule has 3 heterocycles. The van der Waals surface area contributed by atoms with Crippen molar-refractivity contribution in [1.29, 1.82) is 0 Å². The molecule has 0 unspecified atom stereocenters. The van der Waals surface area contributed by atoms with E-state index in [0.29, 0.717) is 0 Å². The summed E-state index contributed by atoms with van der Waals surface area (Å²) in [6.45, 7) is 30.3. The first-order chi connectivity index (χ1) is 32.9. The standard InChI is InChI=1S/C59H65BN2S/c1-36-30-49-53-50(31-36)62(47-26-22-39(56(5,6)7)32-42(47)37-18-16-15-17-19-37)54-52(43-34-44-45(35-51(43)63-54)59(13,14)29-28-58(44,11)12)60(53)46-33-40(57(8,9)10)23-27-48(46)61(49)41-24-20-38(21-25-41)55(2,3)4/h15-27,30-35H,28-29H2,1-14H3/i15D,16D,17D,18D,19D,22D,26D,32D. The third-order valence-corrected chi connectivity index (χ3v) is 15.3. The van der Waals surface area contributed by atoms with Gasteiger partial charge < -0.3 is 9.80 Å². The molecule has 0 spiro atoms. The van der Waals surface area contributed by atoms with Gasteiger partial charge in [-0.2, -0.15) is 0 Å². The zero-order chi connectivity index (χ0) is 51.7. The molecule has 10 rings (SSSR count). The second kappa shape index (κ2) is 14.0. The molecule has 6 aromatic carbocycles. The largest absolute Gasteiger partial charge is 0.311 e. The van der Waals surface area contributed by atoms with E-state index in [-0.39, 0.29) is 68.9 Å². The Bertz CT molecular complexity index is 3410. The molecule has 2 nitrogen and oxygen atoms in total. The van der Waals surface area contributed by atoms with Crippen LogP contribution >= 0.6 is 11.3 Å². The van der Waals surface area contributed by atoms with Crippen LogP contribution in [-0.2, 0) is 27.1 Å². The van der Waals surface area contributed by atoms with E-state index in [9.17, 15) is 6.85 Å². The van der Waals surface area contributed by atoms with Gasteiger partial charge in [0.15, 0.2) is 0 Å². The number of thiophene rings is 1. The predicted octanol–water partition coefficient (Wildman–Crippen LogP) is 15.2. The molecule has 1 aromatic heterocycles. The van der Waals surface area contributed by atoms with Crippen molar-refractivity contribution in [2.75, 3.05) is 9.80 Å². The summed E-state index contributed by atoms with van der Waals surface area (Å²) in [6, 6.07) is 22.1. The van der Waals surface area contributed by atoms with E-state index in [1.807, 2.05) is 20.8 Å². The van der Waals surface area contributed by atoms with Gasteiger partial charge in [-0.15, -0.1) is 11.3 Å². The lowest BCUT2D eigenvalue weighted by Crippen LogP contribution is -2.61. The molecular formula is C59H65BN2S. The fraction of sp³-hybridized carbons (Fsp3) is 0.356. The smallest absolute Gasteiger partial charge is 0.254 e. The quantitative estimate of drug-likeness (QED) is 0.163. The van der Waals surface area contributed by atoms with Gasteiger partial charge in [0.05, 0.1) is 21.7 Å².